The van der Waals surface area contributed by atoms with Crippen molar-refractivity contribution >= 4 is 15.9 Å². The first-order valence-corrected chi connectivity index (χ1v) is 6.09. The van der Waals surface area contributed by atoms with Crippen molar-refractivity contribution in [2.75, 3.05) is 20.1 Å². The molecule has 16 heavy (non-hydrogen) atoms. The lowest BCUT2D eigenvalue weighted by Crippen LogP contribution is -2.35. The second-order valence-corrected chi connectivity index (χ2v) is 5.61. The van der Waals surface area contributed by atoms with E-state index in [0.29, 0.717) is 6.54 Å². The standard InChI is InChI=1S/C12H16BrF2N/c1-10(13)8-16(2)9-12(14,15)11-6-4-3-5-7-11/h3-7,10H,8-9H2,1-2H3. The first-order valence-electron chi connectivity index (χ1n) is 5.18. The fourth-order valence-electron chi connectivity index (χ4n) is 1.61. The Kier molecular flexibility index (Phi) is 4.87. The number of rotatable bonds is 5. The van der Waals surface area contributed by atoms with E-state index in [1.807, 2.05) is 6.92 Å². The Morgan fingerprint density at radius 2 is 1.88 bits per heavy atom. The minimum atomic E-state index is -2.79. The molecule has 1 unspecified atom stereocenters. The van der Waals surface area contributed by atoms with Crippen LogP contribution in [0.5, 0.6) is 0 Å². The number of likely N-dealkylation sites (N-methyl/N-ethyl adjacent to an activating group) is 1. The van der Waals surface area contributed by atoms with E-state index in [9.17, 15) is 8.78 Å². The van der Waals surface area contributed by atoms with Crippen molar-refractivity contribution in [1.82, 2.24) is 4.90 Å². The third-order valence-electron chi connectivity index (χ3n) is 2.23. The maximum Gasteiger partial charge on any atom is 0.285 e. The molecule has 0 aromatic heterocycles. The SMILES string of the molecule is CC(Br)CN(C)CC(F)(F)c1ccccc1. The first kappa shape index (κ1) is 13.6. The zero-order chi connectivity index (χ0) is 12.2. The highest BCUT2D eigenvalue weighted by Gasteiger charge is 2.32. The summed E-state index contributed by atoms with van der Waals surface area (Å²) in [6.07, 6.45) is 0. The number of alkyl halides is 3. The van der Waals surface area contributed by atoms with Crippen molar-refractivity contribution in [3.05, 3.63) is 35.9 Å². The second-order valence-electron chi connectivity index (χ2n) is 4.05. The van der Waals surface area contributed by atoms with E-state index in [1.165, 1.54) is 12.1 Å². The predicted octanol–water partition coefficient (Wildman–Crippen LogP) is 3.49. The Hall–Kier alpha value is -0.480. The summed E-state index contributed by atoms with van der Waals surface area (Å²) in [5, 5.41) is 0. The van der Waals surface area contributed by atoms with Crippen LogP contribution in [0.1, 0.15) is 12.5 Å². The van der Waals surface area contributed by atoms with Gasteiger partial charge in [0, 0.05) is 16.9 Å². The minimum Gasteiger partial charge on any atom is -0.299 e. The molecule has 1 aromatic carbocycles. The lowest BCUT2D eigenvalue weighted by molar-refractivity contribution is -0.0317. The van der Waals surface area contributed by atoms with Gasteiger partial charge < -0.3 is 0 Å². The molecule has 4 heteroatoms. The second kappa shape index (κ2) is 5.73. The number of hydrogen-bond donors (Lipinski definition) is 0. The van der Waals surface area contributed by atoms with Gasteiger partial charge in [0.2, 0.25) is 0 Å². The van der Waals surface area contributed by atoms with Gasteiger partial charge in [0.1, 0.15) is 0 Å². The van der Waals surface area contributed by atoms with Crippen LogP contribution >= 0.6 is 15.9 Å². The first-order chi connectivity index (χ1) is 7.42. The van der Waals surface area contributed by atoms with Crippen LogP contribution in [0, 0.1) is 0 Å². The van der Waals surface area contributed by atoms with Gasteiger partial charge in [-0.25, -0.2) is 0 Å². The zero-order valence-corrected chi connectivity index (χ0v) is 11.0. The minimum absolute atomic E-state index is 0.0732. The summed E-state index contributed by atoms with van der Waals surface area (Å²) in [5.41, 5.74) is 0.0732. The summed E-state index contributed by atoms with van der Waals surface area (Å²) in [5.74, 6) is -2.79. The molecule has 1 rings (SSSR count). The van der Waals surface area contributed by atoms with Crippen molar-refractivity contribution in [3.63, 3.8) is 0 Å². The highest BCUT2D eigenvalue weighted by molar-refractivity contribution is 9.09. The van der Waals surface area contributed by atoms with E-state index in [1.54, 1.807) is 30.1 Å². The monoisotopic (exact) mass is 291 g/mol. The molecule has 0 saturated carbocycles. The van der Waals surface area contributed by atoms with E-state index < -0.39 is 5.92 Å². The van der Waals surface area contributed by atoms with Crippen LogP contribution in [-0.4, -0.2) is 29.9 Å². The molecule has 90 valence electrons. The van der Waals surface area contributed by atoms with Gasteiger partial charge in [0.15, 0.2) is 0 Å². The molecule has 0 amide bonds. The van der Waals surface area contributed by atoms with Crippen molar-refractivity contribution in [2.24, 2.45) is 0 Å². The van der Waals surface area contributed by atoms with E-state index in [4.69, 9.17) is 0 Å². The molecule has 0 bridgehead atoms. The van der Waals surface area contributed by atoms with Gasteiger partial charge in [-0.05, 0) is 7.05 Å². The van der Waals surface area contributed by atoms with Crippen molar-refractivity contribution in [2.45, 2.75) is 17.7 Å². The molecule has 0 radical (unpaired) electrons. The van der Waals surface area contributed by atoms with Gasteiger partial charge in [0.05, 0.1) is 6.54 Å². The third kappa shape index (κ3) is 4.18. The van der Waals surface area contributed by atoms with Gasteiger partial charge in [-0.3, -0.25) is 4.90 Å². The van der Waals surface area contributed by atoms with Crippen LogP contribution in [0.25, 0.3) is 0 Å². The van der Waals surface area contributed by atoms with Crippen LogP contribution in [0.3, 0.4) is 0 Å². The summed E-state index contributed by atoms with van der Waals surface area (Å²) in [6.45, 7) is 2.28. The van der Waals surface area contributed by atoms with Crippen molar-refractivity contribution < 1.29 is 8.78 Å². The number of benzene rings is 1. The summed E-state index contributed by atoms with van der Waals surface area (Å²) < 4.78 is 27.6. The Labute approximate surface area is 104 Å². The quantitative estimate of drug-likeness (QED) is 0.751. The Morgan fingerprint density at radius 1 is 1.31 bits per heavy atom. The summed E-state index contributed by atoms with van der Waals surface area (Å²) in [6, 6.07) is 7.94. The fraction of sp³-hybridized carbons (Fsp3) is 0.500. The molecule has 0 aliphatic carbocycles. The number of nitrogens with zero attached hydrogens (tertiary/aromatic N) is 1. The third-order valence-corrected chi connectivity index (χ3v) is 2.52. The van der Waals surface area contributed by atoms with Crippen molar-refractivity contribution in [1.29, 1.82) is 0 Å². The van der Waals surface area contributed by atoms with Gasteiger partial charge >= 0.3 is 0 Å². The Balaban J connectivity index is 2.65. The number of hydrogen-bond acceptors (Lipinski definition) is 1. The average Bonchev–Trinajstić information content (AvgIpc) is 2.16. The van der Waals surface area contributed by atoms with Crippen LogP contribution in [0.15, 0.2) is 30.3 Å². The van der Waals surface area contributed by atoms with Crippen LogP contribution in [-0.2, 0) is 5.92 Å². The summed E-state index contributed by atoms with van der Waals surface area (Å²) in [7, 11) is 1.70. The molecule has 0 saturated heterocycles. The molecule has 0 aliphatic heterocycles. The smallest absolute Gasteiger partial charge is 0.285 e. The average molecular weight is 292 g/mol. The highest BCUT2D eigenvalue weighted by atomic mass is 79.9. The van der Waals surface area contributed by atoms with E-state index in [2.05, 4.69) is 15.9 Å². The molecule has 1 atom stereocenters. The lowest BCUT2D eigenvalue weighted by Gasteiger charge is -2.24. The molecule has 0 aliphatic rings. The summed E-state index contributed by atoms with van der Waals surface area (Å²) in [4.78, 5) is 1.84. The molecule has 1 nitrogen and oxygen atoms in total. The maximum atomic E-state index is 13.8. The molecule has 1 aromatic rings. The summed E-state index contributed by atoms with van der Waals surface area (Å²) >= 11 is 3.35. The molecular formula is C12H16BrF2N. The van der Waals surface area contributed by atoms with Gasteiger partial charge in [0.25, 0.3) is 5.92 Å². The maximum absolute atomic E-state index is 13.8. The lowest BCUT2D eigenvalue weighted by atomic mass is 10.1. The highest BCUT2D eigenvalue weighted by Crippen LogP contribution is 2.28. The van der Waals surface area contributed by atoms with E-state index in [0.717, 1.165) is 0 Å². The molecule has 0 spiro atoms. The molecule has 0 N–H and O–H groups in total. The van der Waals surface area contributed by atoms with Gasteiger partial charge in [-0.2, -0.15) is 8.78 Å². The predicted molar refractivity (Wildman–Crippen MR) is 66.2 cm³/mol. The van der Waals surface area contributed by atoms with E-state index >= 15 is 0 Å². The van der Waals surface area contributed by atoms with Crippen LogP contribution < -0.4 is 0 Å². The fourth-order valence-corrected chi connectivity index (χ4v) is 2.10. The topological polar surface area (TPSA) is 3.24 Å². The largest absolute Gasteiger partial charge is 0.299 e. The normalized spacial score (nSPS) is 14.1. The van der Waals surface area contributed by atoms with Gasteiger partial charge in [-0.15, -0.1) is 0 Å². The van der Waals surface area contributed by atoms with Crippen LogP contribution in [0.2, 0.25) is 0 Å². The Morgan fingerprint density at radius 3 is 2.38 bits per heavy atom. The Bertz CT molecular complexity index is 314. The van der Waals surface area contributed by atoms with Crippen LogP contribution in [0.4, 0.5) is 8.78 Å². The molecular weight excluding hydrogens is 276 g/mol. The molecule has 0 heterocycles. The number of halogens is 3. The van der Waals surface area contributed by atoms with Crippen molar-refractivity contribution in [3.8, 4) is 0 Å². The molecule has 0 fully saturated rings. The zero-order valence-electron chi connectivity index (χ0n) is 9.46. The van der Waals surface area contributed by atoms with E-state index in [-0.39, 0.29) is 16.9 Å². The van der Waals surface area contributed by atoms with Gasteiger partial charge in [-0.1, -0.05) is 53.2 Å².